The Bertz CT molecular complexity index is 461. The van der Waals surface area contributed by atoms with Crippen LogP contribution in [0.4, 0.5) is 4.79 Å². The molecule has 1 aromatic carbocycles. The van der Waals surface area contributed by atoms with Gasteiger partial charge in [0.2, 0.25) is 0 Å². The van der Waals surface area contributed by atoms with Crippen molar-refractivity contribution in [2.45, 2.75) is 39.8 Å². The summed E-state index contributed by atoms with van der Waals surface area (Å²) in [7, 11) is 1.62. The van der Waals surface area contributed by atoms with E-state index in [9.17, 15) is 4.79 Å². The number of methoxy groups -OCH3 is 1. The van der Waals surface area contributed by atoms with Crippen LogP contribution in [-0.4, -0.2) is 30.9 Å². The largest absolute Gasteiger partial charge is 0.496 e. The van der Waals surface area contributed by atoms with Gasteiger partial charge in [-0.3, -0.25) is 0 Å². The van der Waals surface area contributed by atoms with Crippen molar-refractivity contribution in [2.24, 2.45) is 5.92 Å². The van der Waals surface area contributed by atoms with E-state index in [2.05, 4.69) is 10.6 Å². The van der Waals surface area contributed by atoms with E-state index in [0.717, 1.165) is 16.9 Å². The van der Waals surface area contributed by atoms with Gasteiger partial charge in [-0.1, -0.05) is 26.0 Å². The molecule has 1 rings (SSSR count). The summed E-state index contributed by atoms with van der Waals surface area (Å²) >= 11 is 0. The highest BCUT2D eigenvalue weighted by atomic mass is 16.5. The first-order valence-corrected chi connectivity index (χ1v) is 7.26. The lowest BCUT2D eigenvalue weighted by atomic mass is 10.0. The number of carbonyl (C=O) groups excluding carboxylic acids is 1. The zero-order valence-electron chi connectivity index (χ0n) is 13.3. The lowest BCUT2D eigenvalue weighted by molar-refractivity contribution is 0.218. The maximum absolute atomic E-state index is 11.9. The molecule has 21 heavy (non-hydrogen) atoms. The van der Waals surface area contributed by atoms with Crippen molar-refractivity contribution in [1.29, 1.82) is 0 Å². The van der Waals surface area contributed by atoms with Gasteiger partial charge in [0, 0.05) is 24.8 Å². The van der Waals surface area contributed by atoms with Crippen LogP contribution in [0.5, 0.6) is 5.75 Å². The SMILES string of the molecule is COc1cc(C)ccc1CNC(=O)NC(CCO)C(C)C. The lowest BCUT2D eigenvalue weighted by Gasteiger charge is -2.22. The highest BCUT2D eigenvalue weighted by molar-refractivity contribution is 5.74. The zero-order valence-corrected chi connectivity index (χ0v) is 13.3. The molecule has 1 atom stereocenters. The molecule has 3 N–H and O–H groups in total. The number of aliphatic hydroxyl groups excluding tert-OH is 1. The molecular weight excluding hydrogens is 268 g/mol. The molecule has 0 aromatic heterocycles. The van der Waals surface area contributed by atoms with Gasteiger partial charge in [-0.25, -0.2) is 4.79 Å². The van der Waals surface area contributed by atoms with Gasteiger partial charge < -0.3 is 20.5 Å². The lowest BCUT2D eigenvalue weighted by Crippen LogP contribution is -2.44. The minimum Gasteiger partial charge on any atom is -0.496 e. The number of rotatable bonds is 7. The number of ether oxygens (including phenoxy) is 1. The number of aliphatic hydroxyl groups is 1. The number of hydrogen-bond donors (Lipinski definition) is 3. The number of hydrogen-bond acceptors (Lipinski definition) is 3. The first-order valence-electron chi connectivity index (χ1n) is 7.26. The smallest absolute Gasteiger partial charge is 0.315 e. The molecule has 0 bridgehead atoms. The Morgan fingerprint density at radius 2 is 2.10 bits per heavy atom. The summed E-state index contributed by atoms with van der Waals surface area (Å²) in [6.45, 7) is 6.50. The van der Waals surface area contributed by atoms with E-state index < -0.39 is 0 Å². The minimum absolute atomic E-state index is 0.0325. The molecule has 0 aliphatic heterocycles. The Morgan fingerprint density at radius 1 is 1.38 bits per heavy atom. The van der Waals surface area contributed by atoms with Gasteiger partial charge in [0.1, 0.15) is 5.75 Å². The van der Waals surface area contributed by atoms with E-state index in [1.54, 1.807) is 7.11 Å². The summed E-state index contributed by atoms with van der Waals surface area (Å²) in [4.78, 5) is 11.9. The van der Waals surface area contributed by atoms with E-state index in [1.807, 2.05) is 39.0 Å². The van der Waals surface area contributed by atoms with Crippen LogP contribution >= 0.6 is 0 Å². The molecule has 5 nitrogen and oxygen atoms in total. The summed E-state index contributed by atoms with van der Waals surface area (Å²) in [5.41, 5.74) is 2.05. The van der Waals surface area contributed by atoms with E-state index in [1.165, 1.54) is 0 Å². The van der Waals surface area contributed by atoms with Crippen molar-refractivity contribution in [1.82, 2.24) is 10.6 Å². The van der Waals surface area contributed by atoms with Gasteiger partial charge in [-0.2, -0.15) is 0 Å². The van der Waals surface area contributed by atoms with Gasteiger partial charge in [-0.15, -0.1) is 0 Å². The maximum atomic E-state index is 11.9. The second kappa shape index (κ2) is 8.52. The molecular formula is C16H26N2O3. The van der Waals surface area contributed by atoms with Crippen LogP contribution in [0.3, 0.4) is 0 Å². The van der Waals surface area contributed by atoms with Crippen LogP contribution in [0.25, 0.3) is 0 Å². The average Bonchev–Trinajstić information content (AvgIpc) is 2.45. The molecule has 0 fully saturated rings. The number of urea groups is 1. The highest BCUT2D eigenvalue weighted by Gasteiger charge is 2.15. The molecule has 118 valence electrons. The summed E-state index contributed by atoms with van der Waals surface area (Å²) in [5.74, 6) is 1.04. The minimum atomic E-state index is -0.232. The van der Waals surface area contributed by atoms with Crippen LogP contribution in [0.15, 0.2) is 18.2 Å². The van der Waals surface area contributed by atoms with E-state index in [0.29, 0.717) is 13.0 Å². The molecule has 0 spiro atoms. The van der Waals surface area contributed by atoms with E-state index in [4.69, 9.17) is 9.84 Å². The van der Waals surface area contributed by atoms with Crippen molar-refractivity contribution >= 4 is 6.03 Å². The molecule has 5 heteroatoms. The van der Waals surface area contributed by atoms with Crippen molar-refractivity contribution in [3.63, 3.8) is 0 Å². The third-order valence-corrected chi connectivity index (χ3v) is 3.44. The summed E-state index contributed by atoms with van der Waals surface area (Å²) in [6.07, 6.45) is 0.555. The second-order valence-electron chi connectivity index (χ2n) is 5.51. The maximum Gasteiger partial charge on any atom is 0.315 e. The molecule has 2 amide bonds. The number of nitrogens with one attached hydrogen (secondary N) is 2. The molecule has 0 saturated carbocycles. The van der Waals surface area contributed by atoms with Gasteiger partial charge in [-0.05, 0) is 30.9 Å². The fourth-order valence-electron chi connectivity index (χ4n) is 2.10. The number of amides is 2. The van der Waals surface area contributed by atoms with Crippen molar-refractivity contribution in [2.75, 3.05) is 13.7 Å². The third kappa shape index (κ3) is 5.63. The molecule has 0 aliphatic carbocycles. The van der Waals surface area contributed by atoms with Crippen LogP contribution in [0, 0.1) is 12.8 Å². The highest BCUT2D eigenvalue weighted by Crippen LogP contribution is 2.19. The fourth-order valence-corrected chi connectivity index (χ4v) is 2.10. The molecule has 0 heterocycles. The number of carbonyl (C=O) groups is 1. The van der Waals surface area contributed by atoms with Crippen molar-refractivity contribution < 1.29 is 14.6 Å². The fraction of sp³-hybridized carbons (Fsp3) is 0.562. The van der Waals surface area contributed by atoms with Gasteiger partial charge in [0.05, 0.1) is 7.11 Å². The topological polar surface area (TPSA) is 70.6 Å². The third-order valence-electron chi connectivity index (χ3n) is 3.44. The molecule has 1 aromatic rings. The summed E-state index contributed by atoms with van der Waals surface area (Å²) in [6, 6.07) is 5.61. The van der Waals surface area contributed by atoms with Crippen LogP contribution in [-0.2, 0) is 6.54 Å². The summed E-state index contributed by atoms with van der Waals surface area (Å²) < 4.78 is 5.31. The van der Waals surface area contributed by atoms with E-state index in [-0.39, 0.29) is 24.6 Å². The van der Waals surface area contributed by atoms with Crippen LogP contribution in [0.1, 0.15) is 31.4 Å². The molecule has 0 saturated heterocycles. The monoisotopic (exact) mass is 294 g/mol. The predicted molar refractivity (Wildman–Crippen MR) is 83.4 cm³/mol. The van der Waals surface area contributed by atoms with Crippen LogP contribution < -0.4 is 15.4 Å². The molecule has 1 unspecified atom stereocenters. The van der Waals surface area contributed by atoms with Crippen molar-refractivity contribution in [3.8, 4) is 5.75 Å². The Hall–Kier alpha value is -1.75. The normalized spacial score (nSPS) is 12.1. The average molecular weight is 294 g/mol. The standard InChI is InChI=1S/C16H26N2O3/c1-11(2)14(7-8-19)18-16(20)17-10-13-6-5-12(3)9-15(13)21-4/h5-6,9,11,14,19H,7-8,10H2,1-4H3,(H2,17,18,20). The Kier molecular flexibility index (Phi) is 7.02. The first-order chi connectivity index (χ1) is 9.97. The van der Waals surface area contributed by atoms with Crippen LogP contribution in [0.2, 0.25) is 0 Å². The van der Waals surface area contributed by atoms with Crippen molar-refractivity contribution in [3.05, 3.63) is 29.3 Å². The number of aryl methyl sites for hydroxylation is 1. The Labute approximate surface area is 126 Å². The first kappa shape index (κ1) is 17.3. The zero-order chi connectivity index (χ0) is 15.8. The quantitative estimate of drug-likeness (QED) is 0.722. The summed E-state index contributed by atoms with van der Waals surface area (Å²) in [5, 5.41) is 14.7. The van der Waals surface area contributed by atoms with Gasteiger partial charge >= 0.3 is 6.03 Å². The Balaban J connectivity index is 2.56. The molecule has 0 radical (unpaired) electrons. The van der Waals surface area contributed by atoms with Gasteiger partial charge in [0.25, 0.3) is 0 Å². The second-order valence-corrected chi connectivity index (χ2v) is 5.51. The Morgan fingerprint density at radius 3 is 2.67 bits per heavy atom. The van der Waals surface area contributed by atoms with Gasteiger partial charge in [0.15, 0.2) is 0 Å². The molecule has 0 aliphatic rings. The predicted octanol–water partition coefficient (Wildman–Crippen LogP) is 2.21. The number of benzene rings is 1. The van der Waals surface area contributed by atoms with E-state index >= 15 is 0 Å².